The van der Waals surface area contributed by atoms with Crippen molar-refractivity contribution in [1.29, 1.82) is 0 Å². The second-order valence-electron chi connectivity index (χ2n) is 4.40. The predicted octanol–water partition coefficient (Wildman–Crippen LogP) is 3.31. The van der Waals surface area contributed by atoms with Crippen LogP contribution in [0.4, 0.5) is 0 Å². The number of phenols is 2. The van der Waals surface area contributed by atoms with Gasteiger partial charge in [0.1, 0.15) is 11.5 Å². The molecule has 3 rings (SSSR count). The van der Waals surface area contributed by atoms with Crippen LogP contribution in [0.25, 0.3) is 21.5 Å². The molecule has 5 nitrogen and oxygen atoms in total. The normalized spacial score (nSPS) is 10.8. The van der Waals surface area contributed by atoms with Crippen LogP contribution in [0, 0.1) is 4.91 Å². The number of aromatic hydroxyl groups is 2. The Bertz CT molecular complexity index is 871. The summed E-state index contributed by atoms with van der Waals surface area (Å²) in [7, 11) is 0. The topological polar surface area (TPSA) is 87.0 Å². The van der Waals surface area contributed by atoms with Crippen LogP contribution in [-0.2, 0) is 0 Å². The maximum Gasteiger partial charge on any atom is 0.316 e. The lowest BCUT2D eigenvalue weighted by Gasteiger charge is -2.09. The molecule has 0 aliphatic rings. The van der Waals surface area contributed by atoms with E-state index < -0.39 is 5.91 Å². The molecule has 0 atom stereocenters. The van der Waals surface area contributed by atoms with Crippen molar-refractivity contribution in [3.8, 4) is 11.5 Å². The largest absolute Gasteiger partial charge is 0.507 e. The van der Waals surface area contributed by atoms with Crippen molar-refractivity contribution in [1.82, 2.24) is 0 Å². The summed E-state index contributed by atoms with van der Waals surface area (Å²) in [6.45, 7) is 0. The van der Waals surface area contributed by atoms with Crippen molar-refractivity contribution in [2.45, 2.75) is 0 Å². The number of rotatable bonds is 1. The molecular formula is C15H9NO4. The average Bonchev–Trinajstić information content (AvgIpc) is 2.51. The van der Waals surface area contributed by atoms with Gasteiger partial charge in [0.05, 0.1) is 0 Å². The zero-order chi connectivity index (χ0) is 14.3. The molecule has 1 amide bonds. The van der Waals surface area contributed by atoms with Crippen LogP contribution in [0.2, 0.25) is 0 Å². The molecule has 98 valence electrons. The maximum atomic E-state index is 11.3. The molecule has 0 fully saturated rings. The van der Waals surface area contributed by atoms with E-state index in [1.54, 1.807) is 24.3 Å². The van der Waals surface area contributed by atoms with Crippen LogP contribution in [0.5, 0.6) is 11.5 Å². The fraction of sp³-hybridized carbons (Fsp3) is 0. The van der Waals surface area contributed by atoms with Crippen molar-refractivity contribution in [3.63, 3.8) is 0 Å². The summed E-state index contributed by atoms with van der Waals surface area (Å²) in [4.78, 5) is 21.6. The van der Waals surface area contributed by atoms with E-state index in [0.717, 1.165) is 0 Å². The Labute approximate surface area is 113 Å². The van der Waals surface area contributed by atoms with Crippen molar-refractivity contribution in [2.75, 3.05) is 0 Å². The smallest absolute Gasteiger partial charge is 0.316 e. The van der Waals surface area contributed by atoms with Crippen molar-refractivity contribution in [2.24, 2.45) is 5.18 Å². The molecular weight excluding hydrogens is 258 g/mol. The van der Waals surface area contributed by atoms with Gasteiger partial charge in [0, 0.05) is 32.3 Å². The second-order valence-corrected chi connectivity index (χ2v) is 4.40. The van der Waals surface area contributed by atoms with Gasteiger partial charge in [0.25, 0.3) is 0 Å². The number of hydrogen-bond acceptors (Lipinski definition) is 4. The third-order valence-corrected chi connectivity index (χ3v) is 3.30. The van der Waals surface area contributed by atoms with E-state index in [1.165, 1.54) is 18.2 Å². The molecule has 3 aromatic carbocycles. The lowest BCUT2D eigenvalue weighted by molar-refractivity contribution is 0.100. The van der Waals surface area contributed by atoms with Gasteiger partial charge in [-0.3, -0.25) is 4.79 Å². The van der Waals surface area contributed by atoms with Crippen molar-refractivity contribution < 1.29 is 15.0 Å². The number of amides is 1. The fourth-order valence-electron chi connectivity index (χ4n) is 2.32. The van der Waals surface area contributed by atoms with E-state index >= 15 is 0 Å². The first-order valence-electron chi connectivity index (χ1n) is 5.87. The highest BCUT2D eigenvalue weighted by molar-refractivity contribution is 6.12. The molecule has 0 saturated heterocycles. The number of hydrogen-bond donors (Lipinski definition) is 2. The van der Waals surface area contributed by atoms with Gasteiger partial charge >= 0.3 is 5.91 Å². The number of nitrogens with zero attached hydrogens (tertiary/aromatic N) is 1. The van der Waals surface area contributed by atoms with Crippen molar-refractivity contribution >= 4 is 27.5 Å². The summed E-state index contributed by atoms with van der Waals surface area (Å²) in [6, 6.07) is 11.1. The highest BCUT2D eigenvalue weighted by Gasteiger charge is 2.14. The molecule has 3 aromatic rings. The summed E-state index contributed by atoms with van der Waals surface area (Å²) in [5.41, 5.74) is 0.0671. The van der Waals surface area contributed by atoms with Gasteiger partial charge in [-0.25, -0.2) is 0 Å². The third kappa shape index (κ3) is 1.60. The molecule has 0 bridgehead atoms. The van der Waals surface area contributed by atoms with Gasteiger partial charge in [0.15, 0.2) is 0 Å². The Morgan fingerprint density at radius 1 is 0.850 bits per heavy atom. The molecule has 0 aliphatic carbocycles. The standard InChI is InChI=1S/C15H9NO4/c17-13-9-3-1-2-4-10(9)14(18)12-7-8(15(19)16-20)5-6-11(12)13/h1-7,17-18H. The van der Waals surface area contributed by atoms with Crippen LogP contribution in [-0.4, -0.2) is 16.1 Å². The number of nitroso groups, excluding NO2 is 1. The van der Waals surface area contributed by atoms with E-state index in [-0.39, 0.29) is 17.1 Å². The molecule has 0 unspecified atom stereocenters. The monoisotopic (exact) mass is 267 g/mol. The van der Waals surface area contributed by atoms with E-state index in [1.807, 2.05) is 0 Å². The van der Waals surface area contributed by atoms with Crippen LogP contribution in [0.15, 0.2) is 47.6 Å². The summed E-state index contributed by atoms with van der Waals surface area (Å²) < 4.78 is 0. The number of carbonyl (C=O) groups excluding carboxylic acids is 1. The Hall–Kier alpha value is -2.95. The lowest BCUT2D eigenvalue weighted by atomic mass is 9.99. The molecule has 0 aromatic heterocycles. The molecule has 5 heteroatoms. The third-order valence-electron chi connectivity index (χ3n) is 3.30. The molecule has 0 spiro atoms. The summed E-state index contributed by atoms with van der Waals surface area (Å²) >= 11 is 0. The number of benzene rings is 3. The minimum atomic E-state index is -0.918. The molecule has 20 heavy (non-hydrogen) atoms. The first-order chi connectivity index (χ1) is 9.63. The molecule has 0 saturated carbocycles. The zero-order valence-corrected chi connectivity index (χ0v) is 10.2. The fourth-order valence-corrected chi connectivity index (χ4v) is 2.32. The van der Waals surface area contributed by atoms with Crippen LogP contribution < -0.4 is 0 Å². The molecule has 2 N–H and O–H groups in total. The number of carbonyl (C=O) groups is 1. The SMILES string of the molecule is O=NC(=O)c1ccc2c(O)c3ccccc3c(O)c2c1. The number of fused-ring (bicyclic) bond motifs is 2. The average molecular weight is 267 g/mol. The summed E-state index contributed by atoms with van der Waals surface area (Å²) in [5.74, 6) is -0.945. The van der Waals surface area contributed by atoms with E-state index in [9.17, 15) is 19.9 Å². The quantitative estimate of drug-likeness (QED) is 0.402. The minimum absolute atomic E-state index is 0.0199. The lowest BCUT2D eigenvalue weighted by Crippen LogP contribution is -1.93. The van der Waals surface area contributed by atoms with Gasteiger partial charge in [0.2, 0.25) is 0 Å². The van der Waals surface area contributed by atoms with Crippen molar-refractivity contribution in [3.05, 3.63) is 52.9 Å². The summed E-state index contributed by atoms with van der Waals surface area (Å²) in [5, 5.41) is 24.6. The van der Waals surface area contributed by atoms with Crippen LogP contribution in [0.3, 0.4) is 0 Å². The Kier molecular flexibility index (Phi) is 2.61. The van der Waals surface area contributed by atoms with Gasteiger partial charge in [-0.15, -0.1) is 4.91 Å². The second kappa shape index (κ2) is 4.31. The van der Waals surface area contributed by atoms with E-state index in [4.69, 9.17) is 0 Å². The predicted molar refractivity (Wildman–Crippen MR) is 74.9 cm³/mol. The highest BCUT2D eigenvalue weighted by atomic mass is 16.3. The Balaban J connectivity index is 2.46. The van der Waals surface area contributed by atoms with Gasteiger partial charge in [-0.05, 0) is 18.2 Å². The van der Waals surface area contributed by atoms with Gasteiger partial charge in [-0.2, -0.15) is 0 Å². The van der Waals surface area contributed by atoms with Crippen LogP contribution >= 0.6 is 0 Å². The molecule has 0 radical (unpaired) electrons. The summed E-state index contributed by atoms with van der Waals surface area (Å²) in [6.07, 6.45) is 0. The van der Waals surface area contributed by atoms with E-state index in [0.29, 0.717) is 21.5 Å². The van der Waals surface area contributed by atoms with Gasteiger partial charge in [-0.1, -0.05) is 24.3 Å². The molecule has 0 aliphatic heterocycles. The maximum absolute atomic E-state index is 11.3. The van der Waals surface area contributed by atoms with Gasteiger partial charge < -0.3 is 10.2 Å². The Morgan fingerprint density at radius 2 is 1.40 bits per heavy atom. The van der Waals surface area contributed by atoms with Crippen LogP contribution in [0.1, 0.15) is 10.4 Å². The number of phenolic OH excluding ortho intramolecular Hbond substituents is 2. The zero-order valence-electron chi connectivity index (χ0n) is 10.2. The first kappa shape index (κ1) is 12.1. The van der Waals surface area contributed by atoms with E-state index in [2.05, 4.69) is 5.18 Å². The Morgan fingerprint density at radius 3 is 2.00 bits per heavy atom. The highest BCUT2D eigenvalue weighted by Crippen LogP contribution is 2.41. The molecule has 0 heterocycles. The first-order valence-corrected chi connectivity index (χ1v) is 5.87. The minimum Gasteiger partial charge on any atom is -0.507 e.